The van der Waals surface area contributed by atoms with Crippen LogP contribution in [-0.2, 0) is 11.2 Å². The average Bonchev–Trinajstić information content (AvgIpc) is 3.09. The Morgan fingerprint density at radius 2 is 1.65 bits per heavy atom. The molecule has 23 heavy (non-hydrogen) atoms. The van der Waals surface area contributed by atoms with Crippen molar-refractivity contribution in [3.05, 3.63) is 59.9 Å². The number of benzene rings is 2. The van der Waals surface area contributed by atoms with E-state index in [1.165, 1.54) is 30.7 Å². The minimum Gasteiger partial charge on any atom is -0.372 e. The number of carbonyl (C=O) groups is 1. The molecule has 0 radical (unpaired) electrons. The smallest absolute Gasteiger partial charge is 0.224 e. The predicted octanol–water partition coefficient (Wildman–Crippen LogP) is 4.00. The van der Waals surface area contributed by atoms with E-state index in [0.29, 0.717) is 12.8 Å². The molecule has 1 saturated heterocycles. The molecule has 2 aromatic rings. The van der Waals surface area contributed by atoms with Crippen molar-refractivity contribution in [3.8, 4) is 0 Å². The van der Waals surface area contributed by atoms with Crippen LogP contribution < -0.4 is 10.2 Å². The number of hydrogen-bond acceptors (Lipinski definition) is 2. The van der Waals surface area contributed by atoms with E-state index in [9.17, 15) is 9.18 Å². The van der Waals surface area contributed by atoms with Gasteiger partial charge in [0, 0.05) is 30.9 Å². The molecule has 1 N–H and O–H groups in total. The quantitative estimate of drug-likeness (QED) is 0.905. The largest absolute Gasteiger partial charge is 0.372 e. The molecule has 1 fully saturated rings. The normalized spacial score (nSPS) is 14.0. The van der Waals surface area contributed by atoms with Crippen molar-refractivity contribution in [2.45, 2.75) is 25.7 Å². The van der Waals surface area contributed by atoms with Crippen molar-refractivity contribution >= 4 is 17.3 Å². The Balaban J connectivity index is 1.50. The molecular formula is C19H21FN2O. The lowest BCUT2D eigenvalue weighted by Gasteiger charge is -2.17. The van der Waals surface area contributed by atoms with Crippen LogP contribution in [-0.4, -0.2) is 19.0 Å². The summed E-state index contributed by atoms with van der Waals surface area (Å²) in [5.41, 5.74) is 3.00. The lowest BCUT2D eigenvalue weighted by Crippen LogP contribution is -2.17. The van der Waals surface area contributed by atoms with Gasteiger partial charge in [-0.15, -0.1) is 0 Å². The molecule has 4 heteroatoms. The van der Waals surface area contributed by atoms with Gasteiger partial charge in [0.25, 0.3) is 0 Å². The number of rotatable bonds is 5. The van der Waals surface area contributed by atoms with Crippen LogP contribution in [0.4, 0.5) is 15.8 Å². The highest BCUT2D eigenvalue weighted by atomic mass is 19.1. The lowest BCUT2D eigenvalue weighted by molar-refractivity contribution is -0.116. The number of halogens is 1. The van der Waals surface area contributed by atoms with E-state index >= 15 is 0 Å². The Kier molecular flexibility index (Phi) is 4.91. The first kappa shape index (κ1) is 15.5. The molecule has 0 spiro atoms. The molecule has 0 bridgehead atoms. The van der Waals surface area contributed by atoms with E-state index in [0.717, 1.165) is 24.3 Å². The highest BCUT2D eigenvalue weighted by molar-refractivity contribution is 5.91. The topological polar surface area (TPSA) is 32.3 Å². The van der Waals surface area contributed by atoms with Crippen LogP contribution in [0, 0.1) is 5.82 Å². The maximum absolute atomic E-state index is 12.8. The van der Waals surface area contributed by atoms with Gasteiger partial charge < -0.3 is 10.2 Å². The maximum atomic E-state index is 12.8. The summed E-state index contributed by atoms with van der Waals surface area (Å²) in [5.74, 6) is -0.278. The number of nitrogens with zero attached hydrogens (tertiary/aromatic N) is 1. The molecule has 3 rings (SSSR count). The van der Waals surface area contributed by atoms with Crippen molar-refractivity contribution in [1.29, 1.82) is 0 Å². The molecule has 1 heterocycles. The van der Waals surface area contributed by atoms with Gasteiger partial charge in [0.05, 0.1) is 0 Å². The van der Waals surface area contributed by atoms with Crippen LogP contribution in [0.5, 0.6) is 0 Å². The summed E-state index contributed by atoms with van der Waals surface area (Å²) < 4.78 is 12.8. The number of aryl methyl sites for hydroxylation is 1. The zero-order valence-electron chi connectivity index (χ0n) is 13.1. The zero-order chi connectivity index (χ0) is 16.1. The molecule has 0 aliphatic carbocycles. The van der Waals surface area contributed by atoms with Crippen molar-refractivity contribution in [3.63, 3.8) is 0 Å². The fraction of sp³-hybridized carbons (Fsp3) is 0.316. The Morgan fingerprint density at radius 3 is 2.30 bits per heavy atom. The molecule has 0 unspecified atom stereocenters. The minimum atomic E-state index is -0.253. The highest BCUT2D eigenvalue weighted by Crippen LogP contribution is 2.22. The molecule has 0 atom stereocenters. The number of carbonyl (C=O) groups excluding carboxylic acids is 1. The lowest BCUT2D eigenvalue weighted by atomic mass is 10.1. The summed E-state index contributed by atoms with van der Waals surface area (Å²) >= 11 is 0. The third-order valence-corrected chi connectivity index (χ3v) is 4.18. The average molecular weight is 312 g/mol. The predicted molar refractivity (Wildman–Crippen MR) is 91.2 cm³/mol. The minimum absolute atomic E-state index is 0.0248. The van der Waals surface area contributed by atoms with Gasteiger partial charge in [-0.25, -0.2) is 4.39 Å². The van der Waals surface area contributed by atoms with E-state index < -0.39 is 0 Å². The van der Waals surface area contributed by atoms with E-state index in [-0.39, 0.29) is 11.7 Å². The molecular weight excluding hydrogens is 291 g/mol. The molecule has 1 aliphatic heterocycles. The first-order valence-corrected chi connectivity index (χ1v) is 8.10. The zero-order valence-corrected chi connectivity index (χ0v) is 13.1. The molecule has 120 valence electrons. The Labute approximate surface area is 136 Å². The maximum Gasteiger partial charge on any atom is 0.224 e. The van der Waals surface area contributed by atoms with Gasteiger partial charge in [-0.2, -0.15) is 0 Å². The first-order valence-electron chi connectivity index (χ1n) is 8.10. The first-order chi connectivity index (χ1) is 11.2. The molecule has 0 saturated carbocycles. The number of anilines is 2. The third kappa shape index (κ3) is 4.31. The Bertz CT molecular complexity index is 646. The summed E-state index contributed by atoms with van der Waals surface area (Å²) in [5, 5.41) is 2.91. The van der Waals surface area contributed by atoms with Gasteiger partial charge in [-0.3, -0.25) is 4.79 Å². The van der Waals surface area contributed by atoms with Crippen LogP contribution in [0.15, 0.2) is 48.5 Å². The molecule has 1 amide bonds. The van der Waals surface area contributed by atoms with Crippen LogP contribution in [0.25, 0.3) is 0 Å². The van der Waals surface area contributed by atoms with Gasteiger partial charge in [-0.05, 0) is 61.2 Å². The van der Waals surface area contributed by atoms with Crippen molar-refractivity contribution in [1.82, 2.24) is 0 Å². The summed E-state index contributed by atoms with van der Waals surface area (Å²) in [7, 11) is 0. The van der Waals surface area contributed by atoms with Crippen LogP contribution in [0.2, 0.25) is 0 Å². The van der Waals surface area contributed by atoms with Crippen LogP contribution in [0.3, 0.4) is 0 Å². The number of hydrogen-bond donors (Lipinski definition) is 1. The van der Waals surface area contributed by atoms with E-state index in [4.69, 9.17) is 0 Å². The van der Waals surface area contributed by atoms with Crippen molar-refractivity contribution < 1.29 is 9.18 Å². The molecule has 0 aromatic heterocycles. The second-order valence-electron chi connectivity index (χ2n) is 5.92. The fourth-order valence-corrected chi connectivity index (χ4v) is 2.86. The molecule has 1 aliphatic rings. The second kappa shape index (κ2) is 7.27. The van der Waals surface area contributed by atoms with E-state index in [2.05, 4.69) is 22.3 Å². The van der Waals surface area contributed by atoms with E-state index in [1.54, 1.807) is 12.1 Å². The Morgan fingerprint density at radius 1 is 1.00 bits per heavy atom. The monoisotopic (exact) mass is 312 g/mol. The van der Waals surface area contributed by atoms with Gasteiger partial charge in [0.2, 0.25) is 5.91 Å². The highest BCUT2D eigenvalue weighted by Gasteiger charge is 2.12. The van der Waals surface area contributed by atoms with E-state index in [1.807, 2.05) is 12.1 Å². The molecule has 2 aromatic carbocycles. The summed E-state index contributed by atoms with van der Waals surface area (Å²) in [6.07, 6.45) is 3.50. The number of nitrogens with one attached hydrogen (secondary N) is 1. The van der Waals surface area contributed by atoms with Crippen molar-refractivity contribution in [2.75, 3.05) is 23.3 Å². The SMILES string of the molecule is O=C(CCc1ccc(F)cc1)Nc1ccc(N2CCCC2)cc1. The van der Waals surface area contributed by atoms with Crippen LogP contribution >= 0.6 is 0 Å². The number of amides is 1. The van der Waals surface area contributed by atoms with Gasteiger partial charge in [0.15, 0.2) is 0 Å². The standard InChI is InChI=1S/C19H21FN2O/c20-16-6-3-15(4-7-16)5-12-19(23)21-17-8-10-18(11-9-17)22-13-1-2-14-22/h3-4,6-11H,1-2,5,12-14H2,(H,21,23). The summed E-state index contributed by atoms with van der Waals surface area (Å²) in [4.78, 5) is 14.4. The summed E-state index contributed by atoms with van der Waals surface area (Å²) in [6.45, 7) is 2.23. The second-order valence-corrected chi connectivity index (χ2v) is 5.92. The fourth-order valence-electron chi connectivity index (χ4n) is 2.86. The van der Waals surface area contributed by atoms with Gasteiger partial charge >= 0.3 is 0 Å². The van der Waals surface area contributed by atoms with Crippen LogP contribution in [0.1, 0.15) is 24.8 Å². The van der Waals surface area contributed by atoms with Crippen molar-refractivity contribution in [2.24, 2.45) is 0 Å². The Hall–Kier alpha value is -2.36. The molecule has 3 nitrogen and oxygen atoms in total. The summed E-state index contributed by atoms with van der Waals surface area (Å²) in [6, 6.07) is 14.3. The van der Waals surface area contributed by atoms with Gasteiger partial charge in [-0.1, -0.05) is 12.1 Å². The van der Waals surface area contributed by atoms with Gasteiger partial charge in [0.1, 0.15) is 5.82 Å². The third-order valence-electron chi connectivity index (χ3n) is 4.18.